The van der Waals surface area contributed by atoms with Crippen LogP contribution in [-0.2, 0) is 11.3 Å². The van der Waals surface area contributed by atoms with Gasteiger partial charge in [-0.15, -0.1) is 5.10 Å². The van der Waals surface area contributed by atoms with Gasteiger partial charge in [0.05, 0.1) is 17.9 Å². The Morgan fingerprint density at radius 2 is 2.25 bits per heavy atom. The molecular weight excluding hydrogens is 254 g/mol. The van der Waals surface area contributed by atoms with Crippen LogP contribution in [0.25, 0.3) is 0 Å². The first-order valence-corrected chi connectivity index (χ1v) is 7.64. The van der Waals surface area contributed by atoms with Crippen LogP contribution in [0.2, 0.25) is 0 Å². The lowest BCUT2D eigenvalue weighted by molar-refractivity contribution is -0.122. The second kappa shape index (κ2) is 7.38. The fraction of sp³-hybridized carbons (Fsp3) is 0.786. The van der Waals surface area contributed by atoms with Gasteiger partial charge in [0.2, 0.25) is 5.91 Å². The molecule has 1 fully saturated rings. The van der Waals surface area contributed by atoms with Gasteiger partial charge < -0.3 is 11.1 Å². The predicted octanol–water partition coefficient (Wildman–Crippen LogP) is 1.53. The lowest BCUT2D eigenvalue weighted by Crippen LogP contribution is -2.38. The molecule has 0 aromatic carbocycles. The van der Waals surface area contributed by atoms with Crippen molar-refractivity contribution < 1.29 is 4.79 Å². The van der Waals surface area contributed by atoms with E-state index >= 15 is 0 Å². The summed E-state index contributed by atoms with van der Waals surface area (Å²) in [4.78, 5) is 12.0. The summed E-state index contributed by atoms with van der Waals surface area (Å²) in [6, 6.07) is 0.247. The molecule has 1 unspecified atom stereocenters. The standard InChI is InChI=1S/C14H25N5O/c1-2-6-12(15)13-9-19(18-17-13)10-14(20)16-11-7-4-3-5-8-11/h9,11-12H,2-8,10,15H2,1H3,(H,16,20). The summed E-state index contributed by atoms with van der Waals surface area (Å²) in [5.74, 6) is 0.0115. The molecule has 1 aromatic rings. The summed E-state index contributed by atoms with van der Waals surface area (Å²) in [5.41, 5.74) is 6.74. The Kier molecular flexibility index (Phi) is 5.52. The fourth-order valence-electron chi connectivity index (χ4n) is 2.69. The Bertz CT molecular complexity index is 425. The van der Waals surface area contributed by atoms with Crippen LogP contribution in [0.3, 0.4) is 0 Å². The molecule has 0 bridgehead atoms. The van der Waals surface area contributed by atoms with Crippen LogP contribution in [0.4, 0.5) is 0 Å². The van der Waals surface area contributed by atoms with E-state index in [0.717, 1.165) is 31.4 Å². The van der Waals surface area contributed by atoms with Gasteiger partial charge in [-0.05, 0) is 19.3 Å². The van der Waals surface area contributed by atoms with Gasteiger partial charge in [0.1, 0.15) is 6.54 Å². The highest BCUT2D eigenvalue weighted by Crippen LogP contribution is 2.17. The SMILES string of the molecule is CCCC(N)c1cn(CC(=O)NC2CCCCC2)nn1. The molecule has 1 amide bonds. The molecule has 6 heteroatoms. The summed E-state index contributed by atoms with van der Waals surface area (Å²) in [6.45, 7) is 2.31. The number of hydrogen-bond donors (Lipinski definition) is 2. The Hall–Kier alpha value is -1.43. The Labute approximate surface area is 120 Å². The van der Waals surface area contributed by atoms with Crippen molar-refractivity contribution >= 4 is 5.91 Å². The lowest BCUT2D eigenvalue weighted by Gasteiger charge is -2.22. The predicted molar refractivity (Wildman–Crippen MR) is 76.9 cm³/mol. The minimum Gasteiger partial charge on any atom is -0.352 e. The molecular formula is C14H25N5O. The van der Waals surface area contributed by atoms with Crippen molar-refractivity contribution in [3.05, 3.63) is 11.9 Å². The van der Waals surface area contributed by atoms with Crippen LogP contribution in [0.1, 0.15) is 63.6 Å². The van der Waals surface area contributed by atoms with E-state index in [4.69, 9.17) is 5.73 Å². The molecule has 0 saturated heterocycles. The van der Waals surface area contributed by atoms with Crippen molar-refractivity contribution in [2.45, 2.75) is 70.5 Å². The van der Waals surface area contributed by atoms with Crippen LogP contribution in [-0.4, -0.2) is 26.9 Å². The normalized spacial score (nSPS) is 17.9. The molecule has 1 aliphatic carbocycles. The Morgan fingerprint density at radius 1 is 1.50 bits per heavy atom. The highest BCUT2D eigenvalue weighted by Gasteiger charge is 2.16. The molecule has 1 atom stereocenters. The minimum absolute atomic E-state index is 0.0115. The molecule has 2 rings (SSSR count). The number of carbonyl (C=O) groups is 1. The van der Waals surface area contributed by atoms with Gasteiger partial charge in [0, 0.05) is 6.04 Å². The molecule has 6 nitrogen and oxygen atoms in total. The third-order valence-corrected chi connectivity index (χ3v) is 3.81. The molecule has 0 aliphatic heterocycles. The van der Waals surface area contributed by atoms with Gasteiger partial charge in [0.25, 0.3) is 0 Å². The van der Waals surface area contributed by atoms with Crippen molar-refractivity contribution in [2.75, 3.05) is 0 Å². The molecule has 20 heavy (non-hydrogen) atoms. The first-order valence-electron chi connectivity index (χ1n) is 7.64. The number of carbonyl (C=O) groups excluding carboxylic acids is 1. The summed E-state index contributed by atoms with van der Waals surface area (Å²) < 4.78 is 1.57. The smallest absolute Gasteiger partial charge is 0.242 e. The van der Waals surface area contributed by atoms with Crippen LogP contribution in [0.5, 0.6) is 0 Å². The second-order valence-corrected chi connectivity index (χ2v) is 5.64. The molecule has 0 spiro atoms. The molecule has 112 valence electrons. The number of hydrogen-bond acceptors (Lipinski definition) is 4. The van der Waals surface area contributed by atoms with E-state index in [1.807, 2.05) is 0 Å². The van der Waals surface area contributed by atoms with Crippen LogP contribution in [0.15, 0.2) is 6.20 Å². The Balaban J connectivity index is 1.81. The third-order valence-electron chi connectivity index (χ3n) is 3.81. The van der Waals surface area contributed by atoms with E-state index in [1.54, 1.807) is 10.9 Å². The highest BCUT2D eigenvalue weighted by molar-refractivity contribution is 5.75. The fourth-order valence-corrected chi connectivity index (χ4v) is 2.69. The monoisotopic (exact) mass is 279 g/mol. The summed E-state index contributed by atoms with van der Waals surface area (Å²) >= 11 is 0. The molecule has 0 radical (unpaired) electrons. The van der Waals surface area contributed by atoms with E-state index in [9.17, 15) is 4.79 Å². The van der Waals surface area contributed by atoms with E-state index in [-0.39, 0.29) is 18.5 Å². The zero-order valence-corrected chi connectivity index (χ0v) is 12.2. The quantitative estimate of drug-likeness (QED) is 0.827. The van der Waals surface area contributed by atoms with Crippen LogP contribution < -0.4 is 11.1 Å². The van der Waals surface area contributed by atoms with Gasteiger partial charge in [-0.25, -0.2) is 4.68 Å². The van der Waals surface area contributed by atoms with Gasteiger partial charge in [-0.3, -0.25) is 4.79 Å². The van der Waals surface area contributed by atoms with Crippen molar-refractivity contribution in [3.8, 4) is 0 Å². The van der Waals surface area contributed by atoms with Gasteiger partial charge >= 0.3 is 0 Å². The number of rotatable bonds is 6. The topological polar surface area (TPSA) is 85.8 Å². The van der Waals surface area contributed by atoms with Crippen molar-refractivity contribution in [3.63, 3.8) is 0 Å². The van der Waals surface area contributed by atoms with Crippen LogP contribution >= 0.6 is 0 Å². The van der Waals surface area contributed by atoms with Gasteiger partial charge in [0.15, 0.2) is 0 Å². The van der Waals surface area contributed by atoms with E-state index in [2.05, 4.69) is 22.6 Å². The number of aromatic nitrogens is 3. The van der Waals surface area contributed by atoms with Gasteiger partial charge in [-0.1, -0.05) is 37.8 Å². The average Bonchev–Trinajstić information content (AvgIpc) is 2.88. The maximum absolute atomic E-state index is 12.0. The summed E-state index contributed by atoms with van der Waals surface area (Å²) in [5, 5.41) is 11.1. The van der Waals surface area contributed by atoms with Crippen molar-refractivity contribution in [1.29, 1.82) is 0 Å². The van der Waals surface area contributed by atoms with Gasteiger partial charge in [-0.2, -0.15) is 0 Å². The largest absolute Gasteiger partial charge is 0.352 e. The zero-order chi connectivity index (χ0) is 14.4. The maximum Gasteiger partial charge on any atom is 0.242 e. The average molecular weight is 279 g/mol. The Morgan fingerprint density at radius 3 is 2.95 bits per heavy atom. The van der Waals surface area contributed by atoms with E-state index in [1.165, 1.54) is 19.3 Å². The summed E-state index contributed by atoms with van der Waals surface area (Å²) in [7, 11) is 0. The number of nitrogens with zero attached hydrogens (tertiary/aromatic N) is 3. The first-order chi connectivity index (χ1) is 9.69. The van der Waals surface area contributed by atoms with Crippen molar-refractivity contribution in [2.24, 2.45) is 5.73 Å². The summed E-state index contributed by atoms with van der Waals surface area (Å²) in [6.07, 6.45) is 9.57. The van der Waals surface area contributed by atoms with E-state index < -0.39 is 0 Å². The molecule has 1 heterocycles. The zero-order valence-electron chi connectivity index (χ0n) is 12.2. The molecule has 1 saturated carbocycles. The second-order valence-electron chi connectivity index (χ2n) is 5.64. The minimum atomic E-state index is -0.0878. The number of nitrogens with one attached hydrogen (secondary N) is 1. The van der Waals surface area contributed by atoms with Crippen LogP contribution in [0, 0.1) is 0 Å². The third kappa shape index (κ3) is 4.30. The van der Waals surface area contributed by atoms with Crippen molar-refractivity contribution in [1.82, 2.24) is 20.3 Å². The first kappa shape index (κ1) is 15.0. The van der Waals surface area contributed by atoms with E-state index in [0.29, 0.717) is 6.04 Å². The number of nitrogens with two attached hydrogens (primary N) is 1. The lowest BCUT2D eigenvalue weighted by atomic mass is 9.95. The molecule has 1 aliphatic rings. The molecule has 3 N–H and O–H groups in total. The molecule has 1 aromatic heterocycles. The number of amides is 1. The maximum atomic E-state index is 12.0. The highest BCUT2D eigenvalue weighted by atomic mass is 16.2.